The molecule has 0 atom stereocenters. The molecule has 4 nitrogen and oxygen atoms in total. The van der Waals surface area contributed by atoms with Crippen molar-refractivity contribution in [2.24, 2.45) is 0 Å². The van der Waals surface area contributed by atoms with Gasteiger partial charge in [0.15, 0.2) is 5.75 Å². The van der Waals surface area contributed by atoms with Gasteiger partial charge < -0.3 is 10.6 Å². The van der Waals surface area contributed by atoms with Gasteiger partial charge in [0, 0.05) is 12.6 Å². The van der Waals surface area contributed by atoms with Gasteiger partial charge >= 0.3 is 0 Å². The molecule has 0 aliphatic rings. The molecule has 0 spiro atoms. The van der Waals surface area contributed by atoms with Gasteiger partial charge in [-0.2, -0.15) is 5.48 Å². The smallest absolute Gasteiger partial charge is 0.249 e. The molecule has 1 aromatic carbocycles. The lowest BCUT2D eigenvalue weighted by Gasteiger charge is -2.03. The third kappa shape index (κ3) is 2.49. The number of hydrogen-bond acceptors (Lipinski definition) is 3. The first-order chi connectivity index (χ1) is 5.68. The summed E-state index contributed by atoms with van der Waals surface area (Å²) in [5.41, 5.74) is 8.30. The summed E-state index contributed by atoms with van der Waals surface area (Å²) in [6.45, 7) is 1.37. The second kappa shape index (κ2) is 3.61. The molecular weight excluding hydrogens is 156 g/mol. The van der Waals surface area contributed by atoms with Crippen LogP contribution in [0, 0.1) is 0 Å². The quantitative estimate of drug-likeness (QED) is 0.502. The van der Waals surface area contributed by atoms with Gasteiger partial charge in [-0.1, -0.05) is 0 Å². The molecule has 0 bridgehead atoms. The Morgan fingerprint density at radius 2 is 2.00 bits per heavy atom. The summed E-state index contributed by atoms with van der Waals surface area (Å²) in [4.78, 5) is 15.3. The number of nitrogens with one attached hydrogen (secondary N) is 1. The van der Waals surface area contributed by atoms with E-state index >= 15 is 0 Å². The van der Waals surface area contributed by atoms with E-state index in [4.69, 9.17) is 10.6 Å². The molecule has 1 rings (SSSR count). The number of amides is 1. The van der Waals surface area contributed by atoms with Crippen molar-refractivity contribution in [1.82, 2.24) is 5.48 Å². The molecule has 0 aromatic heterocycles. The van der Waals surface area contributed by atoms with Gasteiger partial charge in [0.05, 0.1) is 0 Å². The Balaban J connectivity index is 2.53. The fourth-order valence-corrected chi connectivity index (χ4v) is 0.667. The van der Waals surface area contributed by atoms with Crippen LogP contribution in [0.3, 0.4) is 0 Å². The predicted octanol–water partition coefficient (Wildman–Crippen LogP) is 0.699. The summed E-state index contributed by atoms with van der Waals surface area (Å²) in [5.74, 6) is 0.311. The van der Waals surface area contributed by atoms with E-state index in [0.29, 0.717) is 11.4 Å². The van der Waals surface area contributed by atoms with Crippen LogP contribution in [0.1, 0.15) is 6.92 Å². The van der Waals surface area contributed by atoms with Crippen molar-refractivity contribution >= 4 is 11.6 Å². The first-order valence-electron chi connectivity index (χ1n) is 3.47. The summed E-state index contributed by atoms with van der Waals surface area (Å²) >= 11 is 0. The van der Waals surface area contributed by atoms with Crippen LogP contribution in [0.2, 0.25) is 0 Å². The first-order valence-corrected chi connectivity index (χ1v) is 3.47. The molecular formula is C8H10N2O2. The van der Waals surface area contributed by atoms with Crippen LogP contribution in [0.5, 0.6) is 5.75 Å². The molecule has 0 aliphatic carbocycles. The van der Waals surface area contributed by atoms with Crippen molar-refractivity contribution in [2.45, 2.75) is 6.92 Å². The Morgan fingerprint density at radius 3 is 2.50 bits per heavy atom. The molecule has 0 heterocycles. The molecule has 0 saturated heterocycles. The Labute approximate surface area is 70.3 Å². The minimum absolute atomic E-state index is 0.244. The molecule has 0 radical (unpaired) electrons. The van der Waals surface area contributed by atoms with Crippen molar-refractivity contribution in [3.8, 4) is 5.75 Å². The summed E-state index contributed by atoms with van der Waals surface area (Å²) < 4.78 is 0. The third-order valence-corrected chi connectivity index (χ3v) is 1.19. The van der Waals surface area contributed by atoms with Crippen LogP contribution in [0.25, 0.3) is 0 Å². The highest BCUT2D eigenvalue weighted by molar-refractivity contribution is 5.71. The average molecular weight is 166 g/mol. The molecule has 12 heavy (non-hydrogen) atoms. The number of nitrogen functional groups attached to an aromatic ring is 1. The van der Waals surface area contributed by atoms with Crippen molar-refractivity contribution in [2.75, 3.05) is 5.73 Å². The van der Waals surface area contributed by atoms with E-state index in [9.17, 15) is 4.79 Å². The molecule has 64 valence electrons. The normalized spacial score (nSPS) is 9.08. The second-order valence-corrected chi connectivity index (χ2v) is 2.33. The maximum Gasteiger partial charge on any atom is 0.249 e. The highest BCUT2D eigenvalue weighted by atomic mass is 16.7. The van der Waals surface area contributed by atoms with Gasteiger partial charge in [-0.05, 0) is 24.3 Å². The Hall–Kier alpha value is -1.71. The van der Waals surface area contributed by atoms with Crippen molar-refractivity contribution in [1.29, 1.82) is 0 Å². The summed E-state index contributed by atoms with van der Waals surface area (Å²) in [5, 5.41) is 0. The summed E-state index contributed by atoms with van der Waals surface area (Å²) in [6, 6.07) is 6.73. The van der Waals surface area contributed by atoms with Gasteiger partial charge in [-0.25, -0.2) is 0 Å². The Bertz CT molecular complexity index is 269. The average Bonchev–Trinajstić information content (AvgIpc) is 2.03. The van der Waals surface area contributed by atoms with Crippen molar-refractivity contribution in [3.63, 3.8) is 0 Å². The second-order valence-electron chi connectivity index (χ2n) is 2.33. The molecule has 1 amide bonds. The minimum Gasteiger partial charge on any atom is -0.399 e. The number of hydrogen-bond donors (Lipinski definition) is 2. The summed E-state index contributed by atoms with van der Waals surface area (Å²) in [7, 11) is 0. The maximum atomic E-state index is 10.4. The van der Waals surface area contributed by atoms with Crippen LogP contribution < -0.4 is 16.1 Å². The standard InChI is InChI=1S/C8H10N2O2/c1-6(11)10-12-8-4-2-7(9)3-5-8/h2-5H,9H2,1H3,(H,10,11). The van der Waals surface area contributed by atoms with Crippen LogP contribution in [0.4, 0.5) is 5.69 Å². The fourth-order valence-electron chi connectivity index (χ4n) is 0.667. The van der Waals surface area contributed by atoms with Gasteiger partial charge in [-0.15, -0.1) is 0 Å². The largest absolute Gasteiger partial charge is 0.399 e. The van der Waals surface area contributed by atoms with E-state index in [1.807, 2.05) is 0 Å². The van der Waals surface area contributed by atoms with Crippen LogP contribution >= 0.6 is 0 Å². The van der Waals surface area contributed by atoms with Crippen LogP contribution in [-0.2, 0) is 4.79 Å². The number of carbonyl (C=O) groups excluding carboxylic acids is 1. The predicted molar refractivity (Wildman–Crippen MR) is 45.3 cm³/mol. The Kier molecular flexibility index (Phi) is 2.53. The number of benzene rings is 1. The van der Waals surface area contributed by atoms with Crippen molar-refractivity contribution in [3.05, 3.63) is 24.3 Å². The van der Waals surface area contributed by atoms with E-state index < -0.39 is 0 Å². The zero-order chi connectivity index (χ0) is 8.97. The van der Waals surface area contributed by atoms with E-state index in [0.717, 1.165) is 0 Å². The lowest BCUT2D eigenvalue weighted by molar-refractivity contribution is -0.125. The van der Waals surface area contributed by atoms with Gasteiger partial charge in [-0.3, -0.25) is 4.79 Å². The van der Waals surface area contributed by atoms with Crippen LogP contribution in [-0.4, -0.2) is 5.91 Å². The van der Waals surface area contributed by atoms with E-state index in [2.05, 4.69) is 5.48 Å². The lowest BCUT2D eigenvalue weighted by atomic mass is 10.3. The number of rotatable bonds is 2. The van der Waals surface area contributed by atoms with E-state index in [-0.39, 0.29) is 5.91 Å². The van der Waals surface area contributed by atoms with Crippen molar-refractivity contribution < 1.29 is 9.63 Å². The topological polar surface area (TPSA) is 64.3 Å². The van der Waals surface area contributed by atoms with E-state index in [1.54, 1.807) is 24.3 Å². The highest BCUT2D eigenvalue weighted by Crippen LogP contribution is 2.11. The highest BCUT2D eigenvalue weighted by Gasteiger charge is 1.93. The molecule has 0 saturated carbocycles. The molecule has 4 heteroatoms. The monoisotopic (exact) mass is 166 g/mol. The molecule has 1 aromatic rings. The van der Waals surface area contributed by atoms with Crippen LogP contribution in [0.15, 0.2) is 24.3 Å². The third-order valence-electron chi connectivity index (χ3n) is 1.19. The number of nitrogens with two attached hydrogens (primary N) is 1. The number of hydroxylamine groups is 1. The SMILES string of the molecule is CC(=O)NOc1ccc(N)cc1. The van der Waals surface area contributed by atoms with Gasteiger partial charge in [0.2, 0.25) is 5.91 Å². The summed E-state index contributed by atoms with van der Waals surface area (Å²) in [6.07, 6.45) is 0. The molecule has 3 N–H and O–H groups in total. The zero-order valence-electron chi connectivity index (χ0n) is 6.70. The minimum atomic E-state index is -0.244. The first kappa shape index (κ1) is 8.39. The lowest BCUT2D eigenvalue weighted by Crippen LogP contribution is -2.23. The van der Waals surface area contributed by atoms with Gasteiger partial charge in [0.25, 0.3) is 0 Å². The molecule has 0 fully saturated rings. The Morgan fingerprint density at radius 1 is 1.42 bits per heavy atom. The zero-order valence-corrected chi connectivity index (χ0v) is 6.70. The maximum absolute atomic E-state index is 10.4. The number of anilines is 1. The van der Waals surface area contributed by atoms with Gasteiger partial charge in [0.1, 0.15) is 0 Å². The molecule has 0 unspecified atom stereocenters. The number of carbonyl (C=O) groups is 1. The fraction of sp³-hybridized carbons (Fsp3) is 0.125. The van der Waals surface area contributed by atoms with E-state index in [1.165, 1.54) is 6.92 Å². The molecule has 0 aliphatic heterocycles.